The minimum absolute atomic E-state index is 0.0146. The van der Waals surface area contributed by atoms with Crippen molar-refractivity contribution in [2.75, 3.05) is 11.4 Å². The number of H-pyrrole nitrogens is 1. The molecule has 1 aliphatic carbocycles. The lowest BCUT2D eigenvalue weighted by molar-refractivity contribution is -0.106. The van der Waals surface area contributed by atoms with Crippen LogP contribution in [0.25, 0.3) is 0 Å². The third kappa shape index (κ3) is 9.15. The van der Waals surface area contributed by atoms with Gasteiger partial charge >= 0.3 is 6.09 Å². The van der Waals surface area contributed by atoms with Crippen molar-refractivity contribution >= 4 is 18.2 Å². The molecule has 2 amide bonds. The first kappa shape index (κ1) is 31.9. The van der Waals surface area contributed by atoms with Gasteiger partial charge in [0.2, 0.25) is 6.41 Å². The average molecular weight is 541 g/mol. The van der Waals surface area contributed by atoms with Crippen LogP contribution in [0.2, 0.25) is 0 Å². The van der Waals surface area contributed by atoms with Crippen molar-refractivity contribution in [3.05, 3.63) is 62.1 Å². The highest BCUT2D eigenvalue weighted by Crippen LogP contribution is 2.34. The van der Waals surface area contributed by atoms with E-state index in [4.69, 9.17) is 9.53 Å². The maximum Gasteiger partial charge on any atom is 0.407 e. The summed E-state index contributed by atoms with van der Waals surface area (Å²) < 4.78 is 5.45. The number of nitrogens with one attached hydrogen (secondary N) is 2. The molecule has 0 radical (unpaired) electrons. The second kappa shape index (κ2) is 14.2. The molecule has 1 aromatic heterocycles. The first-order valence-corrected chi connectivity index (χ1v) is 14.1. The van der Waals surface area contributed by atoms with E-state index < -0.39 is 5.60 Å². The molecular weight excluding hydrogens is 492 g/mol. The molecule has 2 aromatic rings. The lowest BCUT2D eigenvalue weighted by atomic mass is 9.88. The van der Waals surface area contributed by atoms with Gasteiger partial charge in [0.15, 0.2) is 0 Å². The average Bonchev–Trinajstić information content (AvgIpc) is 2.82. The maximum absolute atomic E-state index is 12.8. The Morgan fingerprint density at radius 1 is 1.10 bits per heavy atom. The fourth-order valence-corrected chi connectivity index (χ4v) is 5.62. The number of carbonyl (C=O) groups excluding carboxylic acids is 2. The summed E-state index contributed by atoms with van der Waals surface area (Å²) in [5.41, 5.74) is 11.6. The van der Waals surface area contributed by atoms with Crippen LogP contribution in [0.5, 0.6) is 0 Å². The quantitative estimate of drug-likeness (QED) is 0.417. The molecule has 216 valence electrons. The van der Waals surface area contributed by atoms with Gasteiger partial charge in [-0.25, -0.2) is 4.79 Å². The number of nitrogens with zero attached hydrogens (tertiary/aromatic N) is 1. The van der Waals surface area contributed by atoms with Crippen molar-refractivity contribution < 1.29 is 14.3 Å². The molecule has 0 saturated heterocycles. The minimum atomic E-state index is -0.484. The number of rotatable bonds is 7. The van der Waals surface area contributed by atoms with Crippen molar-refractivity contribution in [1.29, 1.82) is 0 Å². The Morgan fingerprint density at radius 3 is 2.23 bits per heavy atom. The lowest BCUT2D eigenvalue weighted by Gasteiger charge is -2.39. The van der Waals surface area contributed by atoms with E-state index in [1.807, 2.05) is 34.6 Å². The maximum atomic E-state index is 12.8. The molecule has 1 saturated carbocycles. The van der Waals surface area contributed by atoms with Crippen LogP contribution >= 0.6 is 0 Å². The van der Waals surface area contributed by atoms with E-state index in [2.05, 4.69) is 59.9 Å². The number of benzene rings is 1. The predicted octanol–water partition coefficient (Wildman–Crippen LogP) is 5.22. The van der Waals surface area contributed by atoms with E-state index in [0.717, 1.165) is 55.5 Å². The summed E-state index contributed by atoms with van der Waals surface area (Å²) in [5, 5.41) is 3.06. The van der Waals surface area contributed by atoms with Gasteiger partial charge < -0.3 is 25.7 Å². The lowest BCUT2D eigenvalue weighted by Crippen LogP contribution is -2.45. The number of hydrogen-bond donors (Lipinski definition) is 3. The standard InChI is InChI=1S/C30H45N3O3.CH3NO/c1-9-25-22(18-26-20(4)17-21(5)31-28(26)34)15-19(3)16-27(25)33(10-2)24-13-11-23(12-14-24)32-29(35)36-30(6,7)8;2-1-3/h15-17,23-24H,9-14,18H2,1-8H3,(H,31,34)(H,32,35);1H,(H2,2,3). The van der Waals surface area contributed by atoms with Gasteiger partial charge in [-0.05, 0) is 115 Å². The molecule has 8 nitrogen and oxygen atoms in total. The van der Waals surface area contributed by atoms with E-state index in [1.54, 1.807) is 0 Å². The third-order valence-corrected chi connectivity index (χ3v) is 7.19. The molecule has 8 heteroatoms. The number of amides is 2. The molecular formula is C31H48N4O4. The number of alkyl carbamates (subject to hydrolysis) is 1. The molecule has 39 heavy (non-hydrogen) atoms. The van der Waals surface area contributed by atoms with E-state index >= 15 is 0 Å². The number of aryl methyl sites for hydroxylation is 3. The van der Waals surface area contributed by atoms with Crippen LogP contribution in [0.3, 0.4) is 0 Å². The van der Waals surface area contributed by atoms with Crippen LogP contribution in [0.4, 0.5) is 10.5 Å². The van der Waals surface area contributed by atoms with E-state index in [-0.39, 0.29) is 24.1 Å². The largest absolute Gasteiger partial charge is 0.444 e. The van der Waals surface area contributed by atoms with Gasteiger partial charge in [-0.3, -0.25) is 9.59 Å². The van der Waals surface area contributed by atoms with Crippen molar-refractivity contribution in [2.24, 2.45) is 5.73 Å². The number of aromatic nitrogens is 1. The van der Waals surface area contributed by atoms with Crippen LogP contribution < -0.4 is 21.5 Å². The van der Waals surface area contributed by atoms with E-state index in [1.165, 1.54) is 22.4 Å². The van der Waals surface area contributed by atoms with Gasteiger partial charge in [-0.2, -0.15) is 0 Å². The highest BCUT2D eigenvalue weighted by atomic mass is 16.6. The molecule has 1 fully saturated rings. The highest BCUT2D eigenvalue weighted by molar-refractivity contribution is 5.68. The van der Waals surface area contributed by atoms with Crippen molar-refractivity contribution in [3.63, 3.8) is 0 Å². The highest BCUT2D eigenvalue weighted by Gasteiger charge is 2.29. The first-order chi connectivity index (χ1) is 18.3. The molecule has 1 heterocycles. The molecule has 1 aliphatic rings. The summed E-state index contributed by atoms with van der Waals surface area (Å²) in [6, 6.07) is 7.20. The van der Waals surface area contributed by atoms with E-state index in [0.29, 0.717) is 12.5 Å². The van der Waals surface area contributed by atoms with Crippen LogP contribution in [0, 0.1) is 20.8 Å². The third-order valence-electron chi connectivity index (χ3n) is 7.19. The Kier molecular flexibility index (Phi) is 11.6. The normalized spacial score (nSPS) is 17.0. The number of primary amides is 1. The second-order valence-corrected chi connectivity index (χ2v) is 11.5. The minimum Gasteiger partial charge on any atom is -0.444 e. The fourth-order valence-electron chi connectivity index (χ4n) is 5.62. The predicted molar refractivity (Wildman–Crippen MR) is 159 cm³/mol. The van der Waals surface area contributed by atoms with Gasteiger partial charge in [-0.15, -0.1) is 0 Å². The SMILES string of the molecule is CCc1c(Cc2c(C)cc(C)[nH]c2=O)cc(C)cc1N(CC)C1CCC(NC(=O)OC(C)(C)C)CC1.NC=O. The summed E-state index contributed by atoms with van der Waals surface area (Å²) >= 11 is 0. The molecule has 3 rings (SSSR count). The zero-order chi connectivity index (χ0) is 29.3. The Labute approximate surface area is 233 Å². The molecule has 4 N–H and O–H groups in total. The number of anilines is 1. The van der Waals surface area contributed by atoms with E-state index in [9.17, 15) is 9.59 Å². The van der Waals surface area contributed by atoms with Crippen LogP contribution in [0.1, 0.15) is 93.8 Å². The number of nitrogens with two attached hydrogens (primary N) is 1. The zero-order valence-corrected chi connectivity index (χ0v) is 25.1. The fraction of sp³-hybridized carbons (Fsp3) is 0.581. The summed E-state index contributed by atoms with van der Waals surface area (Å²) in [6.45, 7) is 17.1. The van der Waals surface area contributed by atoms with Gasteiger partial charge in [0, 0.05) is 42.0 Å². The smallest absolute Gasteiger partial charge is 0.407 e. The Balaban J connectivity index is 0.00000170. The molecule has 0 aliphatic heterocycles. The van der Waals surface area contributed by atoms with Gasteiger partial charge in [0.05, 0.1) is 0 Å². The monoisotopic (exact) mass is 540 g/mol. The first-order valence-electron chi connectivity index (χ1n) is 14.1. The number of pyridine rings is 1. The van der Waals surface area contributed by atoms with Crippen LogP contribution in [0.15, 0.2) is 23.0 Å². The van der Waals surface area contributed by atoms with Crippen LogP contribution in [-0.4, -0.2) is 41.7 Å². The van der Waals surface area contributed by atoms with Gasteiger partial charge in [0.1, 0.15) is 5.60 Å². The summed E-state index contributed by atoms with van der Waals surface area (Å²) in [7, 11) is 0. The zero-order valence-electron chi connectivity index (χ0n) is 25.1. The number of carbonyl (C=O) groups is 2. The summed E-state index contributed by atoms with van der Waals surface area (Å²) in [4.78, 5) is 39.1. The molecule has 0 unspecified atom stereocenters. The van der Waals surface area contributed by atoms with Crippen molar-refractivity contribution in [3.8, 4) is 0 Å². The summed E-state index contributed by atoms with van der Waals surface area (Å²) in [5.74, 6) is 0. The Morgan fingerprint density at radius 2 is 1.72 bits per heavy atom. The molecule has 1 aromatic carbocycles. The Bertz CT molecular complexity index is 1170. The summed E-state index contributed by atoms with van der Waals surface area (Å²) in [6.07, 6.45) is 5.42. The van der Waals surface area contributed by atoms with Gasteiger partial charge in [-0.1, -0.05) is 13.0 Å². The topological polar surface area (TPSA) is 118 Å². The Hall–Kier alpha value is -3.29. The number of aromatic amines is 1. The number of ether oxygens (including phenoxy) is 1. The second-order valence-electron chi connectivity index (χ2n) is 11.5. The molecule has 0 atom stereocenters. The van der Waals surface area contributed by atoms with Crippen LogP contribution in [-0.2, 0) is 22.4 Å². The molecule has 0 spiro atoms. The van der Waals surface area contributed by atoms with Gasteiger partial charge in [0.25, 0.3) is 5.56 Å². The van der Waals surface area contributed by atoms with Crippen molar-refractivity contribution in [1.82, 2.24) is 10.3 Å². The number of hydrogen-bond acceptors (Lipinski definition) is 5. The molecule has 0 bridgehead atoms. The van der Waals surface area contributed by atoms with Crippen molar-refractivity contribution in [2.45, 2.75) is 112 Å².